The molecular weight excluding hydrogens is 220 g/mol. The summed E-state index contributed by atoms with van der Waals surface area (Å²) in [6, 6.07) is 7.72. The number of carbonyl (C=O) groups is 2. The summed E-state index contributed by atoms with van der Waals surface area (Å²) in [6.07, 6.45) is 0.843. The molecule has 0 spiro atoms. The van der Waals surface area contributed by atoms with Crippen molar-refractivity contribution in [3.05, 3.63) is 29.8 Å². The van der Waals surface area contributed by atoms with E-state index in [4.69, 9.17) is 5.11 Å². The molecule has 0 saturated heterocycles. The number of nitrogens with one attached hydrogen (secondary N) is 1. The van der Waals surface area contributed by atoms with Crippen LogP contribution in [0.3, 0.4) is 0 Å². The summed E-state index contributed by atoms with van der Waals surface area (Å²) in [4.78, 5) is 24.4. The predicted octanol–water partition coefficient (Wildman–Crippen LogP) is -0.316. The van der Waals surface area contributed by atoms with E-state index in [0.29, 0.717) is 6.54 Å². The molecule has 5 nitrogen and oxygen atoms in total. The maximum Gasteiger partial charge on any atom is 0.246 e. The van der Waals surface area contributed by atoms with Gasteiger partial charge in [-0.25, -0.2) is 0 Å². The standard InChI is InChI=1S/C12H14N2O3/c15-8-11(16)13-7-12(17)14-6-5-9-3-1-2-4-10(9)14/h1-4,15H,5-8H2,(H,13,16). The Morgan fingerprint density at radius 1 is 1.35 bits per heavy atom. The van der Waals surface area contributed by atoms with Gasteiger partial charge in [-0.2, -0.15) is 0 Å². The summed E-state index contributed by atoms with van der Waals surface area (Å²) < 4.78 is 0. The lowest BCUT2D eigenvalue weighted by Crippen LogP contribution is -2.40. The summed E-state index contributed by atoms with van der Waals surface area (Å²) in [5, 5.41) is 10.9. The number of carbonyl (C=O) groups excluding carboxylic acids is 2. The van der Waals surface area contributed by atoms with Gasteiger partial charge in [0.15, 0.2) is 0 Å². The minimum atomic E-state index is -0.593. The normalized spacial score (nSPS) is 13.4. The minimum Gasteiger partial charge on any atom is -0.387 e. The maximum absolute atomic E-state index is 11.9. The molecule has 0 atom stereocenters. The molecule has 0 unspecified atom stereocenters. The van der Waals surface area contributed by atoms with Crippen LogP contribution in [0.25, 0.3) is 0 Å². The van der Waals surface area contributed by atoms with Crippen LogP contribution in [0.5, 0.6) is 0 Å². The van der Waals surface area contributed by atoms with Crippen LogP contribution in [0.15, 0.2) is 24.3 Å². The van der Waals surface area contributed by atoms with Crippen LogP contribution < -0.4 is 10.2 Å². The second-order valence-corrected chi connectivity index (χ2v) is 3.86. The molecule has 0 radical (unpaired) electrons. The Bertz CT molecular complexity index is 445. The van der Waals surface area contributed by atoms with Gasteiger partial charge in [0.25, 0.3) is 0 Å². The van der Waals surface area contributed by atoms with Crippen molar-refractivity contribution in [2.24, 2.45) is 0 Å². The van der Waals surface area contributed by atoms with Gasteiger partial charge < -0.3 is 15.3 Å². The van der Waals surface area contributed by atoms with Crippen LogP contribution in [0, 0.1) is 0 Å². The van der Waals surface area contributed by atoms with Crippen LogP contribution in [0.1, 0.15) is 5.56 Å². The highest BCUT2D eigenvalue weighted by atomic mass is 16.3. The number of aliphatic hydroxyl groups is 1. The van der Waals surface area contributed by atoms with Gasteiger partial charge >= 0.3 is 0 Å². The second-order valence-electron chi connectivity index (χ2n) is 3.86. The summed E-state index contributed by atoms with van der Waals surface area (Å²) >= 11 is 0. The molecular formula is C12H14N2O3. The molecule has 2 rings (SSSR count). The Balaban J connectivity index is 2.00. The van der Waals surface area contributed by atoms with Gasteiger partial charge in [-0.05, 0) is 18.1 Å². The minimum absolute atomic E-state index is 0.0757. The molecule has 5 heteroatoms. The van der Waals surface area contributed by atoms with Gasteiger partial charge in [-0.15, -0.1) is 0 Å². The molecule has 1 heterocycles. The smallest absolute Gasteiger partial charge is 0.246 e. The number of benzene rings is 1. The summed E-state index contributed by atoms with van der Waals surface area (Å²) in [7, 11) is 0. The Hall–Kier alpha value is -1.88. The first kappa shape index (κ1) is 11.6. The van der Waals surface area contributed by atoms with Crippen molar-refractivity contribution >= 4 is 17.5 Å². The van der Waals surface area contributed by atoms with Crippen molar-refractivity contribution in [2.45, 2.75) is 6.42 Å². The van der Waals surface area contributed by atoms with E-state index < -0.39 is 12.5 Å². The second kappa shape index (κ2) is 4.97. The fourth-order valence-electron chi connectivity index (χ4n) is 1.92. The Labute approximate surface area is 99.0 Å². The van der Waals surface area contributed by atoms with E-state index in [1.54, 1.807) is 4.90 Å². The third-order valence-electron chi connectivity index (χ3n) is 2.77. The molecule has 90 valence electrons. The molecule has 0 aliphatic carbocycles. The van der Waals surface area contributed by atoms with E-state index in [-0.39, 0.29) is 12.5 Å². The topological polar surface area (TPSA) is 69.6 Å². The number of hydrogen-bond acceptors (Lipinski definition) is 3. The van der Waals surface area contributed by atoms with E-state index >= 15 is 0 Å². The number of amides is 2. The molecule has 0 aromatic heterocycles. The van der Waals surface area contributed by atoms with Gasteiger partial charge in [0, 0.05) is 12.2 Å². The van der Waals surface area contributed by atoms with Gasteiger partial charge in [0.05, 0.1) is 6.54 Å². The third kappa shape index (κ3) is 2.45. The summed E-state index contributed by atoms with van der Waals surface area (Å²) in [6.45, 7) is -0.0230. The van der Waals surface area contributed by atoms with Crippen LogP contribution >= 0.6 is 0 Å². The lowest BCUT2D eigenvalue weighted by molar-refractivity contribution is -0.126. The zero-order valence-electron chi connectivity index (χ0n) is 9.35. The molecule has 0 bridgehead atoms. The average molecular weight is 234 g/mol. The number of rotatable bonds is 3. The van der Waals surface area contributed by atoms with Crippen molar-refractivity contribution < 1.29 is 14.7 Å². The molecule has 1 aliphatic rings. The largest absolute Gasteiger partial charge is 0.387 e. The first-order valence-corrected chi connectivity index (χ1v) is 5.48. The van der Waals surface area contributed by atoms with Gasteiger partial charge in [0.1, 0.15) is 6.61 Å². The van der Waals surface area contributed by atoms with E-state index in [1.165, 1.54) is 0 Å². The van der Waals surface area contributed by atoms with Crippen molar-refractivity contribution in [3.8, 4) is 0 Å². The molecule has 1 aromatic rings. The highest BCUT2D eigenvalue weighted by Crippen LogP contribution is 2.27. The van der Waals surface area contributed by atoms with Crippen molar-refractivity contribution in [3.63, 3.8) is 0 Å². The quantitative estimate of drug-likeness (QED) is 0.753. The van der Waals surface area contributed by atoms with Gasteiger partial charge in [-0.3, -0.25) is 9.59 Å². The molecule has 0 fully saturated rings. The monoisotopic (exact) mass is 234 g/mol. The Kier molecular flexibility index (Phi) is 3.39. The first-order chi connectivity index (χ1) is 8.22. The average Bonchev–Trinajstić information content (AvgIpc) is 2.79. The predicted molar refractivity (Wildman–Crippen MR) is 62.6 cm³/mol. The molecule has 0 saturated carbocycles. The summed E-state index contributed by atoms with van der Waals surface area (Å²) in [5.41, 5.74) is 2.06. The number of para-hydroxylation sites is 1. The van der Waals surface area contributed by atoms with Crippen LogP contribution in [0.4, 0.5) is 5.69 Å². The van der Waals surface area contributed by atoms with Crippen LogP contribution in [-0.2, 0) is 16.0 Å². The molecule has 1 aromatic carbocycles. The maximum atomic E-state index is 11.9. The molecule has 1 aliphatic heterocycles. The first-order valence-electron chi connectivity index (χ1n) is 5.48. The fourth-order valence-corrected chi connectivity index (χ4v) is 1.92. The van der Waals surface area contributed by atoms with Gasteiger partial charge in [-0.1, -0.05) is 18.2 Å². The van der Waals surface area contributed by atoms with E-state index in [9.17, 15) is 9.59 Å². The molecule has 2 amide bonds. The van der Waals surface area contributed by atoms with Crippen LogP contribution in [0.2, 0.25) is 0 Å². The lowest BCUT2D eigenvalue weighted by atomic mass is 10.2. The number of anilines is 1. The number of fused-ring (bicyclic) bond motifs is 1. The van der Waals surface area contributed by atoms with E-state index in [1.807, 2.05) is 24.3 Å². The van der Waals surface area contributed by atoms with Crippen molar-refractivity contribution in [2.75, 3.05) is 24.6 Å². The Morgan fingerprint density at radius 3 is 2.88 bits per heavy atom. The van der Waals surface area contributed by atoms with E-state index in [0.717, 1.165) is 17.7 Å². The Morgan fingerprint density at radius 2 is 2.12 bits per heavy atom. The van der Waals surface area contributed by atoms with Crippen molar-refractivity contribution in [1.82, 2.24) is 5.32 Å². The third-order valence-corrected chi connectivity index (χ3v) is 2.77. The number of hydrogen-bond donors (Lipinski definition) is 2. The van der Waals surface area contributed by atoms with Crippen molar-refractivity contribution in [1.29, 1.82) is 0 Å². The number of aliphatic hydroxyl groups excluding tert-OH is 1. The fraction of sp³-hybridized carbons (Fsp3) is 0.333. The summed E-state index contributed by atoms with van der Waals surface area (Å²) in [5.74, 6) is -0.692. The van der Waals surface area contributed by atoms with E-state index in [2.05, 4.69) is 5.32 Å². The molecule has 2 N–H and O–H groups in total. The SMILES string of the molecule is O=C(CO)NCC(=O)N1CCc2ccccc21. The van der Waals surface area contributed by atoms with Gasteiger partial charge in [0.2, 0.25) is 11.8 Å². The highest BCUT2D eigenvalue weighted by Gasteiger charge is 2.23. The number of nitrogens with zero attached hydrogens (tertiary/aromatic N) is 1. The lowest BCUT2D eigenvalue weighted by Gasteiger charge is -2.17. The zero-order valence-corrected chi connectivity index (χ0v) is 9.35. The zero-order chi connectivity index (χ0) is 12.3. The molecule has 17 heavy (non-hydrogen) atoms. The van der Waals surface area contributed by atoms with Crippen LogP contribution in [-0.4, -0.2) is 36.6 Å². The highest BCUT2D eigenvalue weighted by molar-refractivity contribution is 5.98.